The molecule has 0 bridgehead atoms. The summed E-state index contributed by atoms with van der Waals surface area (Å²) in [5.41, 5.74) is 0.0433. The molecule has 7 atom stereocenters. The fraction of sp³-hybridized carbons (Fsp3) is 0.639. The summed E-state index contributed by atoms with van der Waals surface area (Å²) in [6, 6.07) is 5.91. The maximum absolute atomic E-state index is 14.4. The Morgan fingerprint density at radius 1 is 1.06 bits per heavy atom. The number of Topliss-reactive ketones (excluding diaryl/α,β-unsaturated/α-hetero) is 1. The van der Waals surface area contributed by atoms with Crippen LogP contribution < -0.4 is 21.3 Å². The van der Waals surface area contributed by atoms with Gasteiger partial charge in [0.15, 0.2) is 0 Å². The Morgan fingerprint density at radius 3 is 2.23 bits per heavy atom. The van der Waals surface area contributed by atoms with Crippen molar-refractivity contribution in [2.45, 2.75) is 98.5 Å². The highest BCUT2D eigenvalue weighted by Gasteiger charge is 2.70. The number of urea groups is 1. The first kappa shape index (κ1) is 37.7. The molecule has 0 radical (unpaired) electrons. The van der Waals surface area contributed by atoms with Gasteiger partial charge in [-0.05, 0) is 40.6 Å². The fourth-order valence-electron chi connectivity index (χ4n) is 6.90. The normalized spacial score (nSPS) is 22.3. The third kappa shape index (κ3) is 8.60. The van der Waals surface area contributed by atoms with Gasteiger partial charge in [-0.2, -0.15) is 0 Å². The molecule has 0 aromatic heterocycles. The zero-order valence-corrected chi connectivity index (χ0v) is 29.5. The highest BCUT2D eigenvalue weighted by molar-refractivity contribution is 6.38. The molecule has 1 saturated carbocycles. The number of hydrogen-bond donors (Lipinski definition) is 4. The van der Waals surface area contributed by atoms with Gasteiger partial charge in [0, 0.05) is 20.2 Å². The molecule has 0 spiro atoms. The van der Waals surface area contributed by atoms with Crippen molar-refractivity contribution >= 4 is 29.5 Å². The highest BCUT2D eigenvalue weighted by Crippen LogP contribution is 2.65. The molecule has 1 aromatic carbocycles. The first-order valence-electron chi connectivity index (χ1n) is 16.7. The van der Waals surface area contributed by atoms with E-state index in [0.717, 1.165) is 5.56 Å². The fourth-order valence-corrected chi connectivity index (χ4v) is 6.90. The summed E-state index contributed by atoms with van der Waals surface area (Å²) in [4.78, 5) is 68.9. The lowest BCUT2D eigenvalue weighted by atomic mass is 9.85. The summed E-state index contributed by atoms with van der Waals surface area (Å²) in [5.74, 6) is -2.39. The van der Waals surface area contributed by atoms with Crippen LogP contribution in [0, 0.1) is 28.6 Å². The average Bonchev–Trinajstić information content (AvgIpc) is 3.32. The minimum Gasteiger partial charge on any atom is -0.375 e. The minimum absolute atomic E-state index is 0.00771. The number of rotatable bonds is 15. The van der Waals surface area contributed by atoms with Crippen molar-refractivity contribution in [3.63, 3.8) is 0 Å². The van der Waals surface area contributed by atoms with Crippen LogP contribution in [-0.4, -0.2) is 78.8 Å². The standard InChI is InChI=1S/C36H55N5O6/c1-11-16-24(28(42)32(44)37-19-12-2)38-31(43)27-25-23(36(25,8)9)20-41(27)33(45)30(35(5,6)7)40-34(46)39-26(21(3)4)29(47-10)22-17-14-13-15-18-22/h12-15,17-18,21,23-27,29-30H,2,11,16,19-20H2,1,3-10H3,(H,37,44)(H,38,43)(H2,39,40,46)/t23-,24?,25-,26?,27-,29+,30+/m0/s1. The number of ketones is 1. The maximum Gasteiger partial charge on any atom is 0.315 e. The van der Waals surface area contributed by atoms with Crippen LogP contribution in [0.15, 0.2) is 43.0 Å². The SMILES string of the molecule is C=CCNC(=O)C(=O)C(CCC)NC(=O)[C@@H]1[C@@H]2[C@H](CN1C(=O)[C@@H](NC(=O)NC(C(C)C)[C@H](OC)c1ccccc1)C(C)(C)C)C2(C)C. The van der Waals surface area contributed by atoms with Gasteiger partial charge in [-0.1, -0.05) is 98.2 Å². The maximum atomic E-state index is 14.4. The molecule has 1 aliphatic carbocycles. The summed E-state index contributed by atoms with van der Waals surface area (Å²) in [6.45, 7) is 19.6. The molecular formula is C36H55N5O6. The lowest BCUT2D eigenvalue weighted by Crippen LogP contribution is -2.62. The zero-order chi connectivity index (χ0) is 35.3. The summed E-state index contributed by atoms with van der Waals surface area (Å²) < 4.78 is 5.82. The molecule has 1 aliphatic heterocycles. The van der Waals surface area contributed by atoms with E-state index in [2.05, 4.69) is 41.7 Å². The van der Waals surface area contributed by atoms with Gasteiger partial charge >= 0.3 is 6.03 Å². The second kappa shape index (κ2) is 15.4. The second-order valence-corrected chi connectivity index (χ2v) is 14.9. The van der Waals surface area contributed by atoms with Crippen molar-refractivity contribution in [3.05, 3.63) is 48.6 Å². The zero-order valence-electron chi connectivity index (χ0n) is 29.5. The van der Waals surface area contributed by atoms with E-state index >= 15 is 0 Å². The lowest BCUT2D eigenvalue weighted by Gasteiger charge is -2.38. The first-order valence-corrected chi connectivity index (χ1v) is 16.7. The number of amides is 5. The molecule has 11 nitrogen and oxygen atoms in total. The van der Waals surface area contributed by atoms with Crippen LogP contribution in [0.3, 0.4) is 0 Å². The Hall–Kier alpha value is -3.73. The number of carbonyl (C=O) groups excluding carboxylic acids is 5. The molecule has 2 fully saturated rings. The van der Waals surface area contributed by atoms with E-state index in [0.29, 0.717) is 13.0 Å². The van der Waals surface area contributed by atoms with Gasteiger partial charge in [0.1, 0.15) is 18.2 Å². The minimum atomic E-state index is -1.02. The molecule has 1 aromatic rings. The molecule has 1 saturated heterocycles. The number of carbonyl (C=O) groups is 5. The van der Waals surface area contributed by atoms with Crippen LogP contribution >= 0.6 is 0 Å². The molecule has 11 heteroatoms. The molecule has 2 unspecified atom stereocenters. The van der Waals surface area contributed by atoms with Crippen LogP contribution in [0.2, 0.25) is 0 Å². The van der Waals surface area contributed by atoms with Crippen molar-refractivity contribution in [1.82, 2.24) is 26.2 Å². The van der Waals surface area contributed by atoms with Gasteiger partial charge in [0.25, 0.3) is 5.91 Å². The molecule has 5 amide bonds. The van der Waals surface area contributed by atoms with Crippen LogP contribution in [0.1, 0.15) is 79.9 Å². The van der Waals surface area contributed by atoms with E-state index in [4.69, 9.17) is 4.74 Å². The van der Waals surface area contributed by atoms with Crippen molar-refractivity contribution in [3.8, 4) is 0 Å². The van der Waals surface area contributed by atoms with E-state index in [1.54, 1.807) is 12.0 Å². The van der Waals surface area contributed by atoms with E-state index in [9.17, 15) is 24.0 Å². The quantitative estimate of drug-likeness (QED) is 0.168. The Balaban J connectivity index is 1.84. The predicted octanol–water partition coefficient (Wildman–Crippen LogP) is 3.75. The summed E-state index contributed by atoms with van der Waals surface area (Å²) in [7, 11) is 1.60. The lowest BCUT2D eigenvalue weighted by molar-refractivity contribution is -0.145. The molecule has 4 N–H and O–H groups in total. The molecule has 2 aliphatic rings. The number of hydrogen-bond acceptors (Lipinski definition) is 6. The van der Waals surface area contributed by atoms with Crippen molar-refractivity contribution in [2.75, 3.05) is 20.2 Å². The van der Waals surface area contributed by atoms with E-state index in [1.807, 2.05) is 71.9 Å². The Kier molecular flexibility index (Phi) is 12.4. The summed E-state index contributed by atoms with van der Waals surface area (Å²) in [6.07, 6.45) is 1.90. The third-order valence-electron chi connectivity index (χ3n) is 9.71. The summed E-state index contributed by atoms with van der Waals surface area (Å²) in [5, 5.41) is 11.3. The topological polar surface area (TPSA) is 146 Å². The average molecular weight is 654 g/mol. The van der Waals surface area contributed by atoms with Gasteiger partial charge in [-0.25, -0.2) is 4.79 Å². The molecule has 47 heavy (non-hydrogen) atoms. The Morgan fingerprint density at radius 2 is 1.70 bits per heavy atom. The Bertz CT molecular complexity index is 1310. The van der Waals surface area contributed by atoms with Gasteiger partial charge < -0.3 is 30.9 Å². The summed E-state index contributed by atoms with van der Waals surface area (Å²) >= 11 is 0. The number of methoxy groups -OCH3 is 1. The first-order chi connectivity index (χ1) is 22.0. The van der Waals surface area contributed by atoms with Gasteiger partial charge in [0.2, 0.25) is 17.6 Å². The van der Waals surface area contributed by atoms with E-state index in [1.165, 1.54) is 6.08 Å². The van der Waals surface area contributed by atoms with Gasteiger partial charge in [-0.3, -0.25) is 19.2 Å². The number of fused-ring (bicyclic) bond motifs is 1. The number of likely N-dealkylation sites (tertiary alicyclic amines) is 1. The largest absolute Gasteiger partial charge is 0.375 e. The number of nitrogens with one attached hydrogen (secondary N) is 4. The Labute approximate surface area is 280 Å². The molecular weight excluding hydrogens is 598 g/mol. The number of benzene rings is 1. The predicted molar refractivity (Wildman–Crippen MR) is 181 cm³/mol. The molecule has 3 rings (SSSR count). The monoisotopic (exact) mass is 653 g/mol. The number of piperidine rings is 1. The van der Waals surface area contributed by atoms with E-state index < -0.39 is 59.3 Å². The molecule has 260 valence electrons. The second-order valence-electron chi connectivity index (χ2n) is 14.9. The van der Waals surface area contributed by atoms with Crippen LogP contribution in [0.25, 0.3) is 0 Å². The smallest absolute Gasteiger partial charge is 0.315 e. The molecule has 1 heterocycles. The van der Waals surface area contributed by atoms with Crippen molar-refractivity contribution in [2.24, 2.45) is 28.6 Å². The van der Waals surface area contributed by atoms with Gasteiger partial charge in [0.05, 0.1) is 12.1 Å². The highest BCUT2D eigenvalue weighted by atomic mass is 16.5. The number of nitrogens with zero attached hydrogens (tertiary/aromatic N) is 1. The third-order valence-corrected chi connectivity index (χ3v) is 9.71. The van der Waals surface area contributed by atoms with Crippen molar-refractivity contribution < 1.29 is 28.7 Å². The van der Waals surface area contributed by atoms with Gasteiger partial charge in [-0.15, -0.1) is 6.58 Å². The van der Waals surface area contributed by atoms with Crippen LogP contribution in [0.4, 0.5) is 4.79 Å². The number of ether oxygens (including phenoxy) is 1. The van der Waals surface area contributed by atoms with Crippen LogP contribution in [-0.2, 0) is 23.9 Å². The van der Waals surface area contributed by atoms with Crippen molar-refractivity contribution in [1.29, 1.82) is 0 Å². The van der Waals surface area contributed by atoms with E-state index in [-0.39, 0.29) is 42.0 Å². The van der Waals surface area contributed by atoms with Crippen LogP contribution in [0.5, 0.6) is 0 Å².